The summed E-state index contributed by atoms with van der Waals surface area (Å²) >= 11 is 0. The second-order valence-corrected chi connectivity index (χ2v) is 9.48. The summed E-state index contributed by atoms with van der Waals surface area (Å²) in [5.41, 5.74) is 10.1. The van der Waals surface area contributed by atoms with E-state index >= 15 is 0 Å². The van der Waals surface area contributed by atoms with Gasteiger partial charge in [-0.15, -0.1) is 0 Å². The van der Waals surface area contributed by atoms with Crippen molar-refractivity contribution in [1.82, 2.24) is 30.6 Å². The number of benzene rings is 2. The second-order valence-electron chi connectivity index (χ2n) is 9.48. The number of carbonyl (C=O) groups excluding carboxylic acids is 2. The number of amides is 2. The van der Waals surface area contributed by atoms with Crippen LogP contribution in [-0.4, -0.2) is 61.0 Å². The number of H-pyrrole nitrogens is 3. The van der Waals surface area contributed by atoms with Crippen molar-refractivity contribution in [3.63, 3.8) is 0 Å². The molecule has 39 heavy (non-hydrogen) atoms. The van der Waals surface area contributed by atoms with E-state index in [4.69, 9.17) is 5.73 Å². The van der Waals surface area contributed by atoms with Gasteiger partial charge in [0, 0.05) is 65.4 Å². The summed E-state index contributed by atoms with van der Waals surface area (Å²) in [5, 5.41) is 17.1. The third-order valence-corrected chi connectivity index (χ3v) is 6.78. The first-order valence-corrected chi connectivity index (χ1v) is 12.6. The lowest BCUT2D eigenvalue weighted by Gasteiger charge is -2.23. The van der Waals surface area contributed by atoms with E-state index in [0.717, 1.165) is 32.9 Å². The molecule has 0 aliphatic rings. The van der Waals surface area contributed by atoms with E-state index in [2.05, 4.69) is 30.6 Å². The van der Waals surface area contributed by atoms with Crippen LogP contribution in [0.1, 0.15) is 16.8 Å². The molecule has 0 saturated heterocycles. The van der Waals surface area contributed by atoms with Gasteiger partial charge in [-0.25, -0.2) is 9.78 Å². The van der Waals surface area contributed by atoms with E-state index in [0.29, 0.717) is 5.69 Å². The number of rotatable bonds is 11. The number of carboxylic acid groups (broad SMARTS) is 1. The Morgan fingerprint density at radius 3 is 1.92 bits per heavy atom. The molecule has 3 heterocycles. The van der Waals surface area contributed by atoms with E-state index < -0.39 is 35.9 Å². The molecule has 0 radical (unpaired) electrons. The van der Waals surface area contributed by atoms with Crippen molar-refractivity contribution >= 4 is 39.6 Å². The number of carboxylic acids is 1. The first-order chi connectivity index (χ1) is 18.9. The summed E-state index contributed by atoms with van der Waals surface area (Å²) in [5.74, 6) is -2.33. The fourth-order valence-electron chi connectivity index (χ4n) is 4.73. The Morgan fingerprint density at radius 2 is 1.36 bits per heavy atom. The minimum Gasteiger partial charge on any atom is -0.480 e. The maximum Gasteiger partial charge on any atom is 0.326 e. The van der Waals surface area contributed by atoms with E-state index in [1.54, 1.807) is 18.6 Å². The highest BCUT2D eigenvalue weighted by Crippen LogP contribution is 2.21. The predicted octanol–water partition coefficient (Wildman–Crippen LogP) is 1.78. The lowest BCUT2D eigenvalue weighted by molar-refractivity contribution is -0.142. The molecule has 5 rings (SSSR count). The van der Waals surface area contributed by atoms with Gasteiger partial charge >= 0.3 is 5.97 Å². The van der Waals surface area contributed by atoms with Gasteiger partial charge in [0.05, 0.1) is 12.4 Å². The third kappa shape index (κ3) is 5.83. The third-order valence-electron chi connectivity index (χ3n) is 6.78. The molecule has 2 amide bonds. The van der Waals surface area contributed by atoms with Gasteiger partial charge in [0.15, 0.2) is 0 Å². The summed E-state index contributed by atoms with van der Waals surface area (Å²) in [4.78, 5) is 51.8. The van der Waals surface area contributed by atoms with Crippen molar-refractivity contribution < 1.29 is 19.5 Å². The average molecular weight is 528 g/mol. The normalized spacial score (nSPS) is 13.7. The zero-order chi connectivity index (χ0) is 27.4. The Bertz CT molecular complexity index is 1600. The quantitative estimate of drug-likeness (QED) is 0.137. The average Bonchev–Trinajstić information content (AvgIpc) is 3.69. The maximum absolute atomic E-state index is 13.5. The van der Waals surface area contributed by atoms with Crippen LogP contribution in [0.2, 0.25) is 0 Å². The van der Waals surface area contributed by atoms with E-state index in [1.807, 2.05) is 48.5 Å². The molecule has 0 aliphatic heterocycles. The molecule has 3 atom stereocenters. The zero-order valence-electron chi connectivity index (χ0n) is 21.0. The summed E-state index contributed by atoms with van der Waals surface area (Å²) < 4.78 is 0. The molecular formula is C28H29N7O4. The minimum absolute atomic E-state index is 0.0676. The topological polar surface area (TPSA) is 182 Å². The highest BCUT2D eigenvalue weighted by atomic mass is 16.4. The first kappa shape index (κ1) is 25.7. The zero-order valence-corrected chi connectivity index (χ0v) is 21.0. The van der Waals surface area contributed by atoms with Crippen molar-refractivity contribution in [2.45, 2.75) is 37.4 Å². The predicted molar refractivity (Wildman–Crippen MR) is 146 cm³/mol. The van der Waals surface area contributed by atoms with Gasteiger partial charge in [-0.1, -0.05) is 36.4 Å². The van der Waals surface area contributed by atoms with Crippen LogP contribution in [0.3, 0.4) is 0 Å². The van der Waals surface area contributed by atoms with Gasteiger partial charge in [-0.05, 0) is 23.3 Å². The van der Waals surface area contributed by atoms with Crippen molar-refractivity contribution in [2.75, 3.05) is 0 Å². The smallest absolute Gasteiger partial charge is 0.326 e. The first-order valence-electron chi connectivity index (χ1n) is 12.6. The van der Waals surface area contributed by atoms with Crippen LogP contribution < -0.4 is 16.4 Å². The summed E-state index contributed by atoms with van der Waals surface area (Å²) in [6.07, 6.45) is 6.99. The molecular weight excluding hydrogens is 498 g/mol. The molecule has 0 saturated carbocycles. The van der Waals surface area contributed by atoms with Gasteiger partial charge in [0.1, 0.15) is 12.1 Å². The standard InChI is InChI=1S/C28H29N7O4/c29-21(11-18-14-30-15-33-18)26(36)34-24(9-16-12-31-22-7-3-1-5-19(16)22)27(37)35-25(28(38)39)10-17-13-32-23-8-4-2-6-20(17)23/h1-8,12-15,21,24-25,31-32H,9-11,29H2,(H,30,33)(H,34,36)(H,35,37)(H,38,39). The van der Waals surface area contributed by atoms with Crippen molar-refractivity contribution in [3.8, 4) is 0 Å². The van der Waals surface area contributed by atoms with Crippen LogP contribution in [0.4, 0.5) is 0 Å². The molecule has 0 fully saturated rings. The number of nitrogens with one attached hydrogen (secondary N) is 5. The van der Waals surface area contributed by atoms with Gasteiger partial charge in [0.2, 0.25) is 11.8 Å². The molecule has 8 N–H and O–H groups in total. The van der Waals surface area contributed by atoms with Gasteiger partial charge in [-0.2, -0.15) is 0 Å². The number of aliphatic carboxylic acids is 1. The lowest BCUT2D eigenvalue weighted by Crippen LogP contribution is -2.55. The molecule has 0 bridgehead atoms. The highest BCUT2D eigenvalue weighted by Gasteiger charge is 2.29. The molecule has 11 nitrogen and oxygen atoms in total. The summed E-state index contributed by atoms with van der Waals surface area (Å²) in [6, 6.07) is 11.9. The molecule has 2 aromatic carbocycles. The number of para-hydroxylation sites is 2. The minimum atomic E-state index is -1.21. The number of hydrogen-bond acceptors (Lipinski definition) is 5. The van der Waals surface area contributed by atoms with Crippen LogP contribution in [0.25, 0.3) is 21.8 Å². The van der Waals surface area contributed by atoms with Gasteiger partial charge in [-0.3, -0.25) is 9.59 Å². The molecule has 5 aromatic rings. The number of nitrogens with zero attached hydrogens (tertiary/aromatic N) is 1. The monoisotopic (exact) mass is 527 g/mol. The molecule has 3 unspecified atom stereocenters. The Morgan fingerprint density at radius 1 is 0.795 bits per heavy atom. The fourth-order valence-corrected chi connectivity index (χ4v) is 4.73. The molecule has 3 aromatic heterocycles. The van der Waals surface area contributed by atoms with E-state index in [9.17, 15) is 19.5 Å². The van der Waals surface area contributed by atoms with Crippen LogP contribution in [0.15, 0.2) is 73.4 Å². The molecule has 200 valence electrons. The highest BCUT2D eigenvalue weighted by molar-refractivity contribution is 5.93. The van der Waals surface area contributed by atoms with Crippen LogP contribution in [0, 0.1) is 0 Å². The van der Waals surface area contributed by atoms with Crippen molar-refractivity contribution in [2.24, 2.45) is 5.73 Å². The summed E-state index contributed by atoms with van der Waals surface area (Å²) in [7, 11) is 0. The fraction of sp³-hybridized carbons (Fsp3) is 0.214. The number of hydrogen-bond donors (Lipinski definition) is 7. The maximum atomic E-state index is 13.5. The largest absolute Gasteiger partial charge is 0.480 e. The van der Waals surface area contributed by atoms with Crippen LogP contribution in [-0.2, 0) is 33.6 Å². The van der Waals surface area contributed by atoms with Gasteiger partial charge in [0.25, 0.3) is 0 Å². The van der Waals surface area contributed by atoms with Crippen LogP contribution in [0.5, 0.6) is 0 Å². The van der Waals surface area contributed by atoms with Crippen LogP contribution >= 0.6 is 0 Å². The Hall–Kier alpha value is -4.90. The molecule has 0 spiro atoms. The molecule has 0 aliphatic carbocycles. The Balaban J connectivity index is 1.36. The van der Waals surface area contributed by atoms with E-state index in [-0.39, 0.29) is 19.3 Å². The second kappa shape index (κ2) is 11.2. The number of carbonyl (C=O) groups is 3. The SMILES string of the molecule is NC(Cc1cnc[nH]1)C(=O)NC(Cc1c[nH]c2ccccc12)C(=O)NC(Cc1c[nH]c2ccccc12)C(=O)O. The number of nitrogens with two attached hydrogens (primary N) is 1. The van der Waals surface area contributed by atoms with Crippen molar-refractivity contribution in [1.29, 1.82) is 0 Å². The Kier molecular flexibility index (Phi) is 7.41. The van der Waals surface area contributed by atoms with Gasteiger partial charge < -0.3 is 36.4 Å². The molecule has 11 heteroatoms. The van der Waals surface area contributed by atoms with Crippen molar-refractivity contribution in [3.05, 3.63) is 90.3 Å². The number of aromatic amines is 3. The lowest BCUT2D eigenvalue weighted by atomic mass is 10.0. The number of imidazole rings is 1. The number of fused-ring (bicyclic) bond motifs is 2. The summed E-state index contributed by atoms with van der Waals surface area (Å²) in [6.45, 7) is 0. The Labute approximate surface area is 223 Å². The number of aromatic nitrogens is 4. The van der Waals surface area contributed by atoms with E-state index in [1.165, 1.54) is 6.33 Å².